The van der Waals surface area contributed by atoms with Gasteiger partial charge >= 0.3 is 6.18 Å². The van der Waals surface area contributed by atoms with Gasteiger partial charge in [-0.25, -0.2) is 4.99 Å². The standard InChI is InChI=1S/C26H22F3N3O3S/c1-35-21-9-5-8-20(14-21)30-24(34)22-15-23(33)32(16-17-6-3-2-4-7-17)25(36-22)31-19-12-10-18(11-13-19)26(27,28)29/h2-14,22H,15-16H2,1H3,(H,30,34)/t22-/m1/s1. The van der Waals surface area contributed by atoms with E-state index in [2.05, 4.69) is 10.3 Å². The van der Waals surface area contributed by atoms with Gasteiger partial charge in [-0.05, 0) is 42.0 Å². The van der Waals surface area contributed by atoms with Gasteiger partial charge < -0.3 is 10.1 Å². The van der Waals surface area contributed by atoms with Crippen LogP contribution in [0.3, 0.4) is 0 Å². The molecule has 0 aromatic heterocycles. The topological polar surface area (TPSA) is 71.0 Å². The fraction of sp³-hybridized carbons (Fsp3) is 0.192. The number of benzene rings is 3. The maximum Gasteiger partial charge on any atom is 0.416 e. The number of thioether (sulfide) groups is 1. The number of aliphatic imine (C=N–C) groups is 1. The van der Waals surface area contributed by atoms with E-state index in [0.717, 1.165) is 29.5 Å². The summed E-state index contributed by atoms with van der Waals surface area (Å²) in [7, 11) is 1.52. The van der Waals surface area contributed by atoms with Crippen molar-refractivity contribution < 1.29 is 27.5 Å². The molecule has 0 radical (unpaired) electrons. The Balaban J connectivity index is 1.60. The second-order valence-corrected chi connectivity index (χ2v) is 9.11. The zero-order valence-electron chi connectivity index (χ0n) is 19.2. The van der Waals surface area contributed by atoms with E-state index in [1.54, 1.807) is 24.3 Å². The number of nitrogens with one attached hydrogen (secondary N) is 1. The average Bonchev–Trinajstić information content (AvgIpc) is 2.86. The lowest BCUT2D eigenvalue weighted by atomic mass is 10.2. The van der Waals surface area contributed by atoms with Gasteiger partial charge in [0.2, 0.25) is 11.8 Å². The van der Waals surface area contributed by atoms with E-state index < -0.39 is 17.0 Å². The van der Waals surface area contributed by atoms with Gasteiger partial charge in [0.25, 0.3) is 0 Å². The molecular weight excluding hydrogens is 491 g/mol. The molecule has 186 valence electrons. The maximum absolute atomic E-state index is 13.1. The number of carbonyl (C=O) groups is 2. The van der Waals surface area contributed by atoms with Crippen LogP contribution in [0.4, 0.5) is 24.5 Å². The highest BCUT2D eigenvalue weighted by molar-refractivity contribution is 8.15. The molecule has 0 unspecified atom stereocenters. The number of alkyl halides is 3. The first-order valence-corrected chi connectivity index (χ1v) is 11.8. The van der Waals surface area contributed by atoms with Crippen molar-refractivity contribution in [2.75, 3.05) is 12.4 Å². The number of hydrogen-bond donors (Lipinski definition) is 1. The van der Waals surface area contributed by atoms with Crippen molar-refractivity contribution in [3.63, 3.8) is 0 Å². The molecule has 0 spiro atoms. The number of methoxy groups -OCH3 is 1. The van der Waals surface area contributed by atoms with Gasteiger partial charge in [-0.2, -0.15) is 13.2 Å². The van der Waals surface area contributed by atoms with E-state index in [0.29, 0.717) is 11.4 Å². The molecule has 6 nitrogen and oxygen atoms in total. The fourth-order valence-electron chi connectivity index (χ4n) is 3.52. The van der Waals surface area contributed by atoms with Crippen molar-refractivity contribution in [1.82, 2.24) is 4.90 Å². The number of nitrogens with zero attached hydrogens (tertiary/aromatic N) is 2. The Morgan fingerprint density at radius 3 is 2.47 bits per heavy atom. The van der Waals surface area contributed by atoms with Gasteiger partial charge in [0.05, 0.1) is 24.9 Å². The predicted octanol–water partition coefficient (Wildman–Crippen LogP) is 5.87. The van der Waals surface area contributed by atoms with E-state index in [4.69, 9.17) is 4.74 Å². The minimum absolute atomic E-state index is 0.0562. The first-order valence-electron chi connectivity index (χ1n) is 10.9. The lowest BCUT2D eigenvalue weighted by Gasteiger charge is -2.32. The van der Waals surface area contributed by atoms with E-state index in [1.165, 1.54) is 24.1 Å². The minimum Gasteiger partial charge on any atom is -0.497 e. The number of rotatable bonds is 6. The lowest BCUT2D eigenvalue weighted by Crippen LogP contribution is -2.44. The Labute approximate surface area is 210 Å². The van der Waals surface area contributed by atoms with Crippen LogP contribution < -0.4 is 10.1 Å². The zero-order chi connectivity index (χ0) is 25.7. The van der Waals surface area contributed by atoms with Crippen LogP contribution in [0.25, 0.3) is 0 Å². The SMILES string of the molecule is COc1cccc(NC(=O)[C@H]2CC(=O)N(Cc3ccccc3)C(=Nc3ccc(C(F)(F)F)cc3)S2)c1. The molecule has 36 heavy (non-hydrogen) atoms. The third-order valence-corrected chi connectivity index (χ3v) is 6.56. The molecule has 0 aliphatic carbocycles. The minimum atomic E-state index is -4.47. The second kappa shape index (κ2) is 10.9. The van der Waals surface area contributed by atoms with Crippen LogP contribution in [0.5, 0.6) is 5.75 Å². The number of halogens is 3. The van der Waals surface area contributed by atoms with Gasteiger partial charge in [0.15, 0.2) is 5.17 Å². The Morgan fingerprint density at radius 1 is 1.08 bits per heavy atom. The summed E-state index contributed by atoms with van der Waals surface area (Å²) in [4.78, 5) is 32.0. The zero-order valence-corrected chi connectivity index (χ0v) is 20.0. The van der Waals surface area contributed by atoms with Gasteiger partial charge in [0.1, 0.15) is 11.0 Å². The molecule has 10 heteroatoms. The molecule has 2 amide bonds. The molecule has 0 saturated carbocycles. The quantitative estimate of drug-likeness (QED) is 0.447. The van der Waals surface area contributed by atoms with Crippen molar-refractivity contribution in [2.24, 2.45) is 4.99 Å². The van der Waals surface area contributed by atoms with Crippen LogP contribution in [0, 0.1) is 0 Å². The van der Waals surface area contributed by atoms with Gasteiger partial charge in [-0.3, -0.25) is 14.5 Å². The summed E-state index contributed by atoms with van der Waals surface area (Å²) in [6.07, 6.45) is -4.52. The summed E-state index contributed by atoms with van der Waals surface area (Å²) < 4.78 is 44.0. The summed E-state index contributed by atoms with van der Waals surface area (Å²) in [5.41, 5.74) is 0.812. The molecule has 3 aromatic carbocycles. The van der Waals surface area contributed by atoms with Crippen molar-refractivity contribution in [2.45, 2.75) is 24.4 Å². The van der Waals surface area contributed by atoms with Crippen LogP contribution >= 0.6 is 11.8 Å². The normalized spacial score (nSPS) is 17.2. The summed E-state index contributed by atoms with van der Waals surface area (Å²) >= 11 is 1.09. The number of hydrogen-bond acceptors (Lipinski definition) is 5. The molecule has 1 aliphatic heterocycles. The Hall–Kier alpha value is -3.79. The third kappa shape index (κ3) is 6.25. The molecule has 1 atom stereocenters. The van der Waals surface area contributed by atoms with Gasteiger partial charge in [-0.1, -0.05) is 48.2 Å². The van der Waals surface area contributed by atoms with E-state index in [9.17, 15) is 22.8 Å². The van der Waals surface area contributed by atoms with Crippen LogP contribution in [-0.2, 0) is 22.3 Å². The average molecular weight is 514 g/mol. The molecule has 1 N–H and O–H groups in total. The summed E-state index contributed by atoms with van der Waals surface area (Å²) in [5.74, 6) is -0.131. The Kier molecular flexibility index (Phi) is 7.64. The number of amides is 2. The molecular formula is C26H22F3N3O3S. The molecule has 1 fully saturated rings. The number of carbonyl (C=O) groups excluding carboxylic acids is 2. The first kappa shape index (κ1) is 25.3. The second-order valence-electron chi connectivity index (χ2n) is 7.94. The molecule has 4 rings (SSSR count). The van der Waals surface area contributed by atoms with Gasteiger partial charge in [-0.15, -0.1) is 0 Å². The monoisotopic (exact) mass is 513 g/mol. The number of ether oxygens (including phenoxy) is 1. The molecule has 1 heterocycles. The summed E-state index contributed by atoms with van der Waals surface area (Å²) in [5, 5.41) is 2.25. The Bertz CT molecular complexity index is 1260. The van der Waals surface area contributed by atoms with Gasteiger partial charge in [0, 0.05) is 18.2 Å². The van der Waals surface area contributed by atoms with E-state index in [-0.39, 0.29) is 35.6 Å². The third-order valence-electron chi connectivity index (χ3n) is 5.37. The van der Waals surface area contributed by atoms with Crippen LogP contribution in [0.15, 0.2) is 83.9 Å². The van der Waals surface area contributed by atoms with Crippen LogP contribution in [-0.4, -0.2) is 34.2 Å². The van der Waals surface area contributed by atoms with E-state index in [1.807, 2.05) is 30.3 Å². The van der Waals surface area contributed by atoms with Crippen molar-refractivity contribution in [3.8, 4) is 5.75 Å². The first-order chi connectivity index (χ1) is 17.2. The molecule has 1 aliphatic rings. The maximum atomic E-state index is 13.1. The fourth-order valence-corrected chi connectivity index (χ4v) is 4.62. The highest BCUT2D eigenvalue weighted by Crippen LogP contribution is 2.33. The number of anilines is 1. The van der Waals surface area contributed by atoms with E-state index >= 15 is 0 Å². The highest BCUT2D eigenvalue weighted by atomic mass is 32.2. The van der Waals surface area contributed by atoms with Crippen LogP contribution in [0.2, 0.25) is 0 Å². The highest BCUT2D eigenvalue weighted by Gasteiger charge is 2.36. The smallest absolute Gasteiger partial charge is 0.416 e. The van der Waals surface area contributed by atoms with Crippen molar-refractivity contribution in [1.29, 1.82) is 0 Å². The largest absolute Gasteiger partial charge is 0.497 e. The summed E-state index contributed by atoms with van der Waals surface area (Å²) in [6, 6.07) is 20.4. The van der Waals surface area contributed by atoms with Crippen LogP contribution in [0.1, 0.15) is 17.5 Å². The Morgan fingerprint density at radius 2 is 1.81 bits per heavy atom. The number of amidine groups is 1. The molecule has 1 saturated heterocycles. The van der Waals surface area contributed by atoms with Crippen molar-refractivity contribution >= 4 is 40.1 Å². The molecule has 0 bridgehead atoms. The summed E-state index contributed by atoms with van der Waals surface area (Å²) in [6.45, 7) is 0.219. The predicted molar refractivity (Wildman–Crippen MR) is 133 cm³/mol. The van der Waals surface area contributed by atoms with Crippen molar-refractivity contribution in [3.05, 3.63) is 90.0 Å². The molecule has 3 aromatic rings. The lowest BCUT2D eigenvalue weighted by molar-refractivity contribution is -0.137.